The second-order valence-corrected chi connectivity index (χ2v) is 9.96. The molecule has 0 spiro atoms. The highest BCUT2D eigenvalue weighted by molar-refractivity contribution is 7.48. The predicted octanol–water partition coefficient (Wildman–Crippen LogP) is 7.77. The molecule has 2 aromatic carbocycles. The Labute approximate surface area is 205 Å². The molecule has 9 heteroatoms. The van der Waals surface area contributed by atoms with E-state index in [9.17, 15) is 9.46 Å². The summed E-state index contributed by atoms with van der Waals surface area (Å²) in [4.78, 5) is 26.6. The quantitative estimate of drug-likeness (QED) is 0.146. The molecule has 0 saturated heterocycles. The van der Waals surface area contributed by atoms with E-state index in [4.69, 9.17) is 23.4 Å². The van der Waals surface area contributed by atoms with E-state index >= 15 is 0 Å². The lowest BCUT2D eigenvalue weighted by atomic mass is 10.1. The summed E-state index contributed by atoms with van der Waals surface area (Å²) in [5.41, 5.74) is 0. The lowest BCUT2D eigenvalue weighted by Gasteiger charge is -2.13. The molecule has 2 rings (SSSR count). The molecule has 0 bridgehead atoms. The SMILES string of the molecule is CCCCCCCCCCCCCOP(O)O.O=P(O)(Oc1ccccc1)Oc1ccccc1. The molecule has 0 radical (unpaired) electrons. The number of hydrogen-bond acceptors (Lipinski definition) is 6. The van der Waals surface area contributed by atoms with Crippen LogP contribution in [0.25, 0.3) is 0 Å². The van der Waals surface area contributed by atoms with E-state index in [1.807, 2.05) is 0 Å². The van der Waals surface area contributed by atoms with E-state index in [-0.39, 0.29) is 11.5 Å². The molecule has 2 aromatic rings. The number of unbranched alkanes of at least 4 members (excludes halogenated alkanes) is 10. The normalized spacial score (nSPS) is 11.1. The van der Waals surface area contributed by atoms with Gasteiger partial charge >= 0.3 is 16.4 Å². The van der Waals surface area contributed by atoms with Gasteiger partial charge in [0.05, 0.1) is 6.61 Å². The Hall–Kier alpha value is -1.46. The van der Waals surface area contributed by atoms with Crippen LogP contribution in [0.1, 0.15) is 77.6 Å². The topological polar surface area (TPSA) is 105 Å². The molecule has 7 nitrogen and oxygen atoms in total. The maximum Gasteiger partial charge on any atom is 0.584 e. The molecule has 0 aliphatic carbocycles. The summed E-state index contributed by atoms with van der Waals surface area (Å²) >= 11 is 0. The molecule has 0 unspecified atom stereocenters. The van der Waals surface area contributed by atoms with Crippen molar-refractivity contribution in [3.05, 3.63) is 60.7 Å². The Morgan fingerprint density at radius 3 is 1.44 bits per heavy atom. The van der Waals surface area contributed by atoms with Crippen molar-refractivity contribution in [3.63, 3.8) is 0 Å². The van der Waals surface area contributed by atoms with Crippen LogP contribution in [0.4, 0.5) is 0 Å². The number of phosphoric acid groups is 1. The minimum atomic E-state index is -4.14. The third kappa shape index (κ3) is 17.9. The van der Waals surface area contributed by atoms with E-state index in [0.717, 1.165) is 12.8 Å². The smallest absolute Gasteiger partial charge is 0.395 e. The Morgan fingerprint density at radius 1 is 0.676 bits per heavy atom. The minimum absolute atomic E-state index is 0.286. The second-order valence-electron chi connectivity index (χ2n) is 7.90. The van der Waals surface area contributed by atoms with Crippen molar-refractivity contribution in [2.24, 2.45) is 0 Å². The number of benzene rings is 2. The highest BCUT2D eigenvalue weighted by Crippen LogP contribution is 2.44. The Morgan fingerprint density at radius 2 is 1.06 bits per heavy atom. The van der Waals surface area contributed by atoms with Gasteiger partial charge in [-0.2, -0.15) is 0 Å². The zero-order valence-corrected chi connectivity index (χ0v) is 21.9. The van der Waals surface area contributed by atoms with Gasteiger partial charge in [-0.05, 0) is 30.7 Å². The van der Waals surface area contributed by atoms with Crippen LogP contribution in [0.2, 0.25) is 0 Å². The van der Waals surface area contributed by atoms with Crippen LogP contribution < -0.4 is 9.05 Å². The zero-order chi connectivity index (χ0) is 24.9. The van der Waals surface area contributed by atoms with Crippen molar-refractivity contribution in [2.75, 3.05) is 6.61 Å². The van der Waals surface area contributed by atoms with Crippen LogP contribution in [0, 0.1) is 0 Å². The first-order chi connectivity index (χ1) is 16.4. The molecule has 192 valence electrons. The van der Waals surface area contributed by atoms with Crippen LogP contribution in [0.3, 0.4) is 0 Å². The fourth-order valence-electron chi connectivity index (χ4n) is 3.16. The molecule has 0 aliphatic rings. The van der Waals surface area contributed by atoms with Gasteiger partial charge in [0, 0.05) is 0 Å². The number of para-hydroxylation sites is 2. The van der Waals surface area contributed by atoms with Gasteiger partial charge in [-0.3, -0.25) is 4.89 Å². The van der Waals surface area contributed by atoms with Crippen LogP contribution in [-0.4, -0.2) is 21.3 Å². The Kier molecular flexibility index (Phi) is 17.8. The van der Waals surface area contributed by atoms with Crippen molar-refractivity contribution < 1.29 is 32.8 Å². The first-order valence-corrected chi connectivity index (χ1v) is 14.7. The van der Waals surface area contributed by atoms with Crippen molar-refractivity contribution in [2.45, 2.75) is 77.6 Å². The van der Waals surface area contributed by atoms with Gasteiger partial charge in [-0.1, -0.05) is 108 Å². The summed E-state index contributed by atoms with van der Waals surface area (Å²) in [5.74, 6) is 0.573. The molecular weight excluding hydrogens is 474 g/mol. The monoisotopic (exact) mass is 514 g/mol. The van der Waals surface area contributed by atoms with Crippen molar-refractivity contribution in [3.8, 4) is 11.5 Å². The maximum absolute atomic E-state index is 11.7. The molecule has 0 aromatic heterocycles. The fourth-order valence-corrected chi connectivity index (χ4v) is 4.27. The summed E-state index contributed by atoms with van der Waals surface area (Å²) in [6.07, 6.45) is 14.3. The van der Waals surface area contributed by atoms with Crippen molar-refractivity contribution >= 4 is 16.4 Å². The van der Waals surface area contributed by atoms with Crippen LogP contribution in [0.5, 0.6) is 11.5 Å². The summed E-state index contributed by atoms with van der Waals surface area (Å²) < 4.78 is 26.2. The zero-order valence-electron chi connectivity index (χ0n) is 20.1. The van der Waals surface area contributed by atoms with E-state index in [2.05, 4.69) is 6.92 Å². The van der Waals surface area contributed by atoms with E-state index in [1.165, 1.54) is 57.8 Å². The van der Waals surface area contributed by atoms with E-state index in [0.29, 0.717) is 6.61 Å². The number of phosphoric ester groups is 1. The maximum atomic E-state index is 11.7. The van der Waals surface area contributed by atoms with Gasteiger partial charge in [-0.15, -0.1) is 0 Å². The average Bonchev–Trinajstić information content (AvgIpc) is 2.81. The van der Waals surface area contributed by atoms with Crippen molar-refractivity contribution in [1.29, 1.82) is 0 Å². The van der Waals surface area contributed by atoms with Crippen molar-refractivity contribution in [1.82, 2.24) is 0 Å². The third-order valence-corrected chi connectivity index (χ3v) is 6.18. The predicted molar refractivity (Wildman–Crippen MR) is 138 cm³/mol. The van der Waals surface area contributed by atoms with Crippen LogP contribution in [0.15, 0.2) is 60.7 Å². The Balaban J connectivity index is 0.000000340. The van der Waals surface area contributed by atoms with Gasteiger partial charge in [0.2, 0.25) is 0 Å². The highest BCUT2D eigenvalue weighted by Gasteiger charge is 2.24. The summed E-state index contributed by atoms with van der Waals surface area (Å²) in [5, 5.41) is 0. The third-order valence-electron chi connectivity index (χ3n) is 4.88. The molecule has 0 saturated carbocycles. The molecule has 34 heavy (non-hydrogen) atoms. The largest absolute Gasteiger partial charge is 0.584 e. The van der Waals surface area contributed by atoms with Gasteiger partial charge in [-0.25, -0.2) is 4.57 Å². The number of hydrogen-bond donors (Lipinski definition) is 3. The first-order valence-electron chi connectivity index (χ1n) is 12.1. The van der Waals surface area contributed by atoms with Gasteiger partial charge in [0.25, 0.3) is 0 Å². The summed E-state index contributed by atoms with van der Waals surface area (Å²) in [6, 6.07) is 16.7. The second kappa shape index (κ2) is 19.8. The van der Waals surface area contributed by atoms with Crippen LogP contribution >= 0.6 is 16.4 Å². The standard InChI is InChI=1S/C13H29O3P.C12H11O4P/c1-2-3-4-5-6-7-8-9-10-11-12-13-16-17(14)15;13-17(14,15-11-7-3-1-4-8-11)16-12-9-5-2-6-10-12/h14-15H,2-13H2,1H3;1-10H,(H,13,14). The highest BCUT2D eigenvalue weighted by atomic mass is 31.2. The lowest BCUT2D eigenvalue weighted by Crippen LogP contribution is -1.99. The lowest BCUT2D eigenvalue weighted by molar-refractivity contribution is 0.248. The van der Waals surface area contributed by atoms with Gasteiger partial charge in [0.1, 0.15) is 11.5 Å². The summed E-state index contributed by atoms with van der Waals surface area (Å²) in [6.45, 7) is 2.73. The van der Waals surface area contributed by atoms with E-state index in [1.54, 1.807) is 60.7 Å². The minimum Gasteiger partial charge on any atom is -0.395 e. The number of rotatable bonds is 17. The molecule has 0 aliphatic heterocycles. The molecule has 3 N–H and O–H groups in total. The summed E-state index contributed by atoms with van der Waals surface area (Å²) in [7, 11) is -6.27. The van der Waals surface area contributed by atoms with Gasteiger partial charge < -0.3 is 23.4 Å². The Bertz CT molecular complexity index is 715. The molecule has 0 atom stereocenters. The van der Waals surface area contributed by atoms with E-state index < -0.39 is 16.4 Å². The molecular formula is C25H40O7P2. The first kappa shape index (κ1) is 30.6. The molecule has 0 amide bonds. The van der Waals surface area contributed by atoms with Gasteiger partial charge in [0.15, 0.2) is 0 Å². The molecule has 0 heterocycles. The molecule has 0 fully saturated rings. The fraction of sp³-hybridized carbons (Fsp3) is 0.520. The van der Waals surface area contributed by atoms with Crippen LogP contribution in [-0.2, 0) is 9.09 Å². The average molecular weight is 515 g/mol.